The number of sulfone groups is 1. The molecule has 2 aliphatic heterocycles. The van der Waals surface area contributed by atoms with Crippen LogP contribution in [0, 0.1) is 0 Å². The second kappa shape index (κ2) is 15.0. The van der Waals surface area contributed by atoms with Crippen LogP contribution in [0.4, 0.5) is 0 Å². The average Bonchev–Trinajstić information content (AvgIpc) is 2.99. The Balaban J connectivity index is 1.30. The summed E-state index contributed by atoms with van der Waals surface area (Å²) in [5.41, 5.74) is 3.32. The van der Waals surface area contributed by atoms with Gasteiger partial charge in [0.25, 0.3) is 5.91 Å². The number of benzene rings is 2. The van der Waals surface area contributed by atoms with Gasteiger partial charge in [0.15, 0.2) is 14.6 Å². The molecule has 2 saturated heterocycles. The molecule has 0 aliphatic carbocycles. The van der Waals surface area contributed by atoms with E-state index < -0.39 is 20.5 Å². The molecule has 0 unspecified atom stereocenters. The van der Waals surface area contributed by atoms with Crippen molar-refractivity contribution in [3.63, 3.8) is 0 Å². The van der Waals surface area contributed by atoms with Crippen LogP contribution in [0.15, 0.2) is 48.5 Å². The molecule has 4 rings (SSSR count). The first-order valence-electron chi connectivity index (χ1n) is 14.9. The Bertz CT molecular complexity index is 1190. The first-order valence-corrected chi connectivity index (χ1v) is 16.6. The molecule has 41 heavy (non-hydrogen) atoms. The molecule has 0 spiro atoms. The Labute approximate surface area is 244 Å². The lowest BCUT2D eigenvalue weighted by Crippen LogP contribution is -2.57. The smallest absolute Gasteiger partial charge is 0.264 e. The fourth-order valence-corrected chi connectivity index (χ4v) is 7.69. The van der Waals surface area contributed by atoms with E-state index in [4.69, 9.17) is 9.47 Å². The van der Waals surface area contributed by atoms with Crippen LogP contribution in [0.1, 0.15) is 63.0 Å². The van der Waals surface area contributed by atoms with Gasteiger partial charge >= 0.3 is 0 Å². The van der Waals surface area contributed by atoms with Gasteiger partial charge in [-0.1, -0.05) is 44.0 Å². The van der Waals surface area contributed by atoms with E-state index in [1.165, 1.54) is 19.3 Å². The molecule has 9 nitrogen and oxygen atoms in total. The summed E-state index contributed by atoms with van der Waals surface area (Å²) >= 11 is 0. The fourth-order valence-electron chi connectivity index (χ4n) is 5.65. The summed E-state index contributed by atoms with van der Waals surface area (Å²) in [6.45, 7) is 8.11. The molecule has 10 heteroatoms. The third kappa shape index (κ3) is 8.44. The number of likely N-dealkylation sites (tertiary alicyclic amines) is 2. The van der Waals surface area contributed by atoms with Crippen LogP contribution in [0.25, 0.3) is 0 Å². The predicted octanol–water partition coefficient (Wildman–Crippen LogP) is 4.19. The van der Waals surface area contributed by atoms with Gasteiger partial charge in [-0.3, -0.25) is 19.8 Å². The van der Waals surface area contributed by atoms with E-state index in [1.54, 1.807) is 29.7 Å². The van der Waals surface area contributed by atoms with Crippen LogP contribution in [0.3, 0.4) is 0 Å². The van der Waals surface area contributed by atoms with Crippen molar-refractivity contribution in [3.05, 3.63) is 59.7 Å². The van der Waals surface area contributed by atoms with Crippen molar-refractivity contribution in [2.45, 2.75) is 68.9 Å². The summed E-state index contributed by atoms with van der Waals surface area (Å²) in [5.74, 6) is 0.389. The monoisotopic (exact) mass is 587 g/mol. The maximum atomic E-state index is 13.6. The zero-order valence-electron chi connectivity index (χ0n) is 24.2. The molecule has 2 heterocycles. The Hall–Kier alpha value is -2.66. The van der Waals surface area contributed by atoms with Crippen LogP contribution in [-0.4, -0.2) is 80.0 Å². The van der Waals surface area contributed by atoms with E-state index in [0.717, 1.165) is 43.8 Å². The summed E-state index contributed by atoms with van der Waals surface area (Å²) in [7, 11) is -3.92. The summed E-state index contributed by atoms with van der Waals surface area (Å²) in [6, 6.07) is 15.0. The fraction of sp³-hybridized carbons (Fsp3) is 0.581. The molecule has 2 fully saturated rings. The number of carbonyl (C=O) groups is 1. The van der Waals surface area contributed by atoms with Gasteiger partial charge in [-0.2, -0.15) is 0 Å². The Morgan fingerprint density at radius 1 is 0.854 bits per heavy atom. The number of hydroxylamine groups is 1. The van der Waals surface area contributed by atoms with Crippen molar-refractivity contribution in [2.24, 2.45) is 0 Å². The zero-order valence-corrected chi connectivity index (χ0v) is 25.0. The number of ether oxygens (including phenoxy) is 2. The number of unbranched alkanes of at least 4 members (excludes halogenated alkanes) is 1. The Kier molecular flexibility index (Phi) is 11.4. The first kappa shape index (κ1) is 31.3. The normalized spacial score (nSPS) is 18.1. The molecule has 0 saturated carbocycles. The highest BCUT2D eigenvalue weighted by Crippen LogP contribution is 2.34. The second-order valence-electron chi connectivity index (χ2n) is 11.2. The van der Waals surface area contributed by atoms with Gasteiger partial charge in [0, 0.05) is 26.2 Å². The molecular weight excluding hydrogens is 542 g/mol. The number of amides is 1. The van der Waals surface area contributed by atoms with Crippen molar-refractivity contribution in [3.8, 4) is 11.5 Å². The Morgan fingerprint density at radius 3 is 2.02 bits per heavy atom. The van der Waals surface area contributed by atoms with Crippen LogP contribution >= 0.6 is 0 Å². The summed E-state index contributed by atoms with van der Waals surface area (Å²) < 4.78 is 37.2. The summed E-state index contributed by atoms with van der Waals surface area (Å²) in [6.07, 6.45) is 6.06. The molecule has 2 aliphatic rings. The Morgan fingerprint density at radius 2 is 1.44 bits per heavy atom. The van der Waals surface area contributed by atoms with E-state index in [2.05, 4.69) is 16.7 Å². The highest BCUT2D eigenvalue weighted by molar-refractivity contribution is 7.92. The van der Waals surface area contributed by atoms with Crippen LogP contribution < -0.4 is 15.0 Å². The molecule has 0 atom stereocenters. The SMILES string of the molecule is CCCCOc1ccc(CS(=O)(=O)C2(C(=O)NO)CCN(Cc3ccc(OCCN4CCCCC4)cc3)CC2)cc1. The van der Waals surface area contributed by atoms with E-state index in [9.17, 15) is 18.4 Å². The average molecular weight is 588 g/mol. The number of hydrogen-bond acceptors (Lipinski definition) is 8. The van der Waals surface area contributed by atoms with E-state index >= 15 is 0 Å². The number of carbonyl (C=O) groups excluding carboxylic acids is 1. The summed E-state index contributed by atoms with van der Waals surface area (Å²) in [5, 5.41) is 9.47. The van der Waals surface area contributed by atoms with Gasteiger partial charge in [-0.05, 0) is 80.6 Å². The van der Waals surface area contributed by atoms with Crippen molar-refractivity contribution in [2.75, 3.05) is 45.9 Å². The molecule has 2 aromatic rings. The van der Waals surface area contributed by atoms with Crippen LogP contribution in [0.2, 0.25) is 0 Å². The van der Waals surface area contributed by atoms with Crippen LogP contribution in [0.5, 0.6) is 11.5 Å². The van der Waals surface area contributed by atoms with Gasteiger partial charge in [0.1, 0.15) is 18.1 Å². The van der Waals surface area contributed by atoms with Gasteiger partial charge in [-0.25, -0.2) is 13.9 Å². The van der Waals surface area contributed by atoms with Crippen LogP contribution in [-0.2, 0) is 26.9 Å². The molecule has 2 N–H and O–H groups in total. The molecule has 0 aromatic heterocycles. The number of piperidine rings is 2. The lowest BCUT2D eigenvalue weighted by atomic mass is 9.94. The van der Waals surface area contributed by atoms with Crippen molar-refractivity contribution >= 4 is 15.7 Å². The quantitative estimate of drug-likeness (QED) is 0.193. The predicted molar refractivity (Wildman–Crippen MR) is 159 cm³/mol. The number of nitrogens with zero attached hydrogens (tertiary/aromatic N) is 2. The minimum absolute atomic E-state index is 0.109. The standard InChI is InChI=1S/C31H45N3O6S/c1-2-3-22-39-28-13-9-27(10-14-28)25-41(37,38)31(30(35)32-36)15-19-34(20-16-31)24-26-7-11-29(12-8-26)40-23-21-33-17-5-4-6-18-33/h7-14,36H,2-6,15-25H2,1H3,(H,32,35). The molecule has 226 valence electrons. The topological polar surface area (TPSA) is 108 Å². The van der Waals surface area contributed by atoms with Gasteiger partial charge in [-0.15, -0.1) is 0 Å². The zero-order chi connectivity index (χ0) is 29.1. The molecule has 0 bridgehead atoms. The minimum atomic E-state index is -3.92. The molecular formula is C31H45N3O6S. The third-order valence-electron chi connectivity index (χ3n) is 8.28. The lowest BCUT2D eigenvalue weighted by Gasteiger charge is -2.39. The molecule has 2 aromatic carbocycles. The van der Waals surface area contributed by atoms with Gasteiger partial charge in [0.05, 0.1) is 12.4 Å². The highest BCUT2D eigenvalue weighted by Gasteiger charge is 2.52. The highest BCUT2D eigenvalue weighted by atomic mass is 32.2. The lowest BCUT2D eigenvalue weighted by molar-refractivity contribution is -0.133. The van der Waals surface area contributed by atoms with E-state index in [0.29, 0.717) is 44.2 Å². The molecule has 0 radical (unpaired) electrons. The van der Waals surface area contributed by atoms with E-state index in [-0.39, 0.29) is 18.6 Å². The van der Waals surface area contributed by atoms with Gasteiger partial charge < -0.3 is 9.47 Å². The number of hydrogen-bond donors (Lipinski definition) is 2. The largest absolute Gasteiger partial charge is 0.494 e. The second-order valence-corrected chi connectivity index (χ2v) is 13.5. The third-order valence-corrected chi connectivity index (χ3v) is 10.8. The maximum absolute atomic E-state index is 13.6. The number of rotatable bonds is 14. The first-order chi connectivity index (χ1) is 19.8. The van der Waals surface area contributed by atoms with E-state index in [1.807, 2.05) is 24.3 Å². The van der Waals surface area contributed by atoms with Gasteiger partial charge in [0.2, 0.25) is 0 Å². The summed E-state index contributed by atoms with van der Waals surface area (Å²) in [4.78, 5) is 17.4. The maximum Gasteiger partial charge on any atom is 0.264 e. The number of nitrogens with one attached hydrogen (secondary N) is 1. The minimum Gasteiger partial charge on any atom is -0.494 e. The van der Waals surface area contributed by atoms with Crippen molar-refractivity contribution < 1.29 is 27.9 Å². The van der Waals surface area contributed by atoms with Crippen molar-refractivity contribution in [1.29, 1.82) is 0 Å². The molecule has 1 amide bonds. The van der Waals surface area contributed by atoms with Crippen molar-refractivity contribution in [1.82, 2.24) is 15.3 Å².